The van der Waals surface area contributed by atoms with E-state index in [4.69, 9.17) is 0 Å². The van der Waals surface area contributed by atoms with Gasteiger partial charge in [-0.1, -0.05) is 13.8 Å². The predicted octanol–water partition coefficient (Wildman–Crippen LogP) is 4.50. The summed E-state index contributed by atoms with van der Waals surface area (Å²) < 4.78 is 0. The third-order valence-electron chi connectivity index (χ3n) is 4.86. The molecule has 2 aromatic rings. The van der Waals surface area contributed by atoms with Gasteiger partial charge in [0.2, 0.25) is 10.3 Å². The molecule has 0 bridgehead atoms. The zero-order valence-electron chi connectivity index (χ0n) is 18.8. The molecule has 172 valence electrons. The largest absolute Gasteiger partial charge is 0.875 e. The van der Waals surface area contributed by atoms with Crippen LogP contribution in [0.5, 0.6) is 0 Å². The molecule has 0 unspecified atom stereocenters. The number of hydrogen-bond donors (Lipinski definition) is 0. The van der Waals surface area contributed by atoms with Gasteiger partial charge in [0.05, 0.1) is 28.2 Å². The van der Waals surface area contributed by atoms with Crippen LogP contribution in [0.2, 0.25) is 0 Å². The first kappa shape index (κ1) is 23.9. The minimum Gasteiger partial charge on any atom is -0.875 e. The van der Waals surface area contributed by atoms with Crippen molar-refractivity contribution in [3.05, 3.63) is 43.5 Å². The molecule has 0 aliphatic carbocycles. The molecule has 4 heterocycles. The van der Waals surface area contributed by atoms with Crippen LogP contribution in [0.25, 0.3) is 0 Å². The smallest absolute Gasteiger partial charge is 0.211 e. The van der Waals surface area contributed by atoms with Crippen molar-refractivity contribution >= 4 is 78.2 Å². The fraction of sp³-hybridized carbons (Fsp3) is 0.333. The third kappa shape index (κ3) is 4.98. The highest BCUT2D eigenvalue weighted by molar-refractivity contribution is 8.18. The molecule has 2 aliphatic rings. The standard InChI is InChI=1S/C21H22N6O2S4/c1-9-15(11(3)28)32-19(22-9)26-17-24-13(7-30-17)21(5,6)14-8-31-18(25-14)27-20-23-10(2)16(33-20)12(4)29/h7-8,28-29H,1-6H3/p-2. The number of thiazole rings is 2. The zero-order chi connectivity index (χ0) is 23.9. The number of hydrogen-bond acceptors (Lipinski definition) is 10. The molecule has 0 atom stereocenters. The molecule has 12 heteroatoms. The first-order valence-electron chi connectivity index (χ1n) is 9.87. The fourth-order valence-corrected chi connectivity index (χ4v) is 6.51. The summed E-state index contributed by atoms with van der Waals surface area (Å²) in [6.07, 6.45) is 0. The van der Waals surface area contributed by atoms with E-state index >= 15 is 0 Å². The Labute approximate surface area is 208 Å². The molecular formula is C21H20N6O2S4-2. The molecule has 0 saturated carbocycles. The molecule has 8 nitrogen and oxygen atoms in total. The molecule has 2 aliphatic heterocycles. The van der Waals surface area contributed by atoms with Gasteiger partial charge < -0.3 is 10.2 Å². The van der Waals surface area contributed by atoms with E-state index in [2.05, 4.69) is 29.9 Å². The topological polar surface area (TPSA) is 121 Å². The van der Waals surface area contributed by atoms with Crippen molar-refractivity contribution in [2.24, 2.45) is 20.0 Å². The summed E-state index contributed by atoms with van der Waals surface area (Å²) in [6.45, 7) is 10.8. The highest BCUT2D eigenvalue weighted by Gasteiger charge is 2.29. The maximum Gasteiger partial charge on any atom is 0.211 e. The molecule has 33 heavy (non-hydrogen) atoms. The van der Waals surface area contributed by atoms with E-state index in [1.807, 2.05) is 38.5 Å². The van der Waals surface area contributed by atoms with Crippen LogP contribution in [0.15, 0.2) is 52.1 Å². The van der Waals surface area contributed by atoms with Gasteiger partial charge in [-0.3, -0.25) is 0 Å². The Bertz CT molecular complexity index is 1200. The highest BCUT2D eigenvalue weighted by Crippen LogP contribution is 2.38. The van der Waals surface area contributed by atoms with E-state index in [9.17, 15) is 10.2 Å². The van der Waals surface area contributed by atoms with Gasteiger partial charge in [0.1, 0.15) is 0 Å². The van der Waals surface area contributed by atoms with Crippen molar-refractivity contribution in [2.45, 2.75) is 47.0 Å². The molecular weight excluding hydrogens is 497 g/mol. The quantitative estimate of drug-likeness (QED) is 0.552. The Kier molecular flexibility index (Phi) is 6.63. The lowest BCUT2D eigenvalue weighted by Gasteiger charge is -2.19. The minimum absolute atomic E-state index is 0.0115. The summed E-state index contributed by atoms with van der Waals surface area (Å²) in [7, 11) is 0. The van der Waals surface area contributed by atoms with Gasteiger partial charge in [-0.2, -0.15) is 9.98 Å². The summed E-state index contributed by atoms with van der Waals surface area (Å²) in [4.78, 5) is 28.4. The molecule has 0 amide bonds. The second kappa shape index (κ2) is 9.16. The van der Waals surface area contributed by atoms with Gasteiger partial charge >= 0.3 is 0 Å². The lowest BCUT2D eigenvalue weighted by Crippen LogP contribution is -2.19. The lowest BCUT2D eigenvalue weighted by molar-refractivity contribution is -0.302. The van der Waals surface area contributed by atoms with Crippen LogP contribution in [-0.4, -0.2) is 31.7 Å². The SMILES string of the molecule is CC1=NC(=Nc2nc(C(C)(C)c3csc(N=C4N=C(C)C(=C(C)[O-])S4)n3)cs2)SC1=C(C)[O-]. The van der Waals surface area contributed by atoms with E-state index in [1.165, 1.54) is 60.0 Å². The van der Waals surface area contributed by atoms with Gasteiger partial charge in [0.25, 0.3) is 0 Å². The first-order chi connectivity index (χ1) is 15.5. The van der Waals surface area contributed by atoms with Gasteiger partial charge in [-0.25, -0.2) is 20.0 Å². The van der Waals surface area contributed by atoms with E-state index in [0.29, 0.717) is 41.8 Å². The number of rotatable bonds is 4. The van der Waals surface area contributed by atoms with Crippen LogP contribution in [0.1, 0.15) is 52.9 Å². The van der Waals surface area contributed by atoms with Crippen molar-refractivity contribution in [1.29, 1.82) is 0 Å². The second-order valence-corrected chi connectivity index (χ2v) is 11.4. The van der Waals surface area contributed by atoms with Crippen LogP contribution in [-0.2, 0) is 5.41 Å². The Balaban J connectivity index is 1.54. The monoisotopic (exact) mass is 516 g/mol. The summed E-state index contributed by atoms with van der Waals surface area (Å²) in [5.41, 5.74) is 2.60. The number of aromatic nitrogens is 2. The molecule has 0 N–H and O–H groups in total. The van der Waals surface area contributed by atoms with Gasteiger partial charge in [-0.05, 0) is 51.2 Å². The van der Waals surface area contributed by atoms with Crippen molar-refractivity contribution in [1.82, 2.24) is 9.97 Å². The maximum absolute atomic E-state index is 11.7. The summed E-state index contributed by atoms with van der Waals surface area (Å²) in [5, 5.41) is 29.5. The average molecular weight is 517 g/mol. The first-order valence-corrected chi connectivity index (χ1v) is 13.3. The van der Waals surface area contributed by atoms with E-state index in [0.717, 1.165) is 11.4 Å². The normalized spacial score (nSPS) is 22.2. The van der Waals surface area contributed by atoms with Crippen molar-refractivity contribution in [2.75, 3.05) is 0 Å². The van der Waals surface area contributed by atoms with Crippen LogP contribution in [0.4, 0.5) is 10.3 Å². The summed E-state index contributed by atoms with van der Waals surface area (Å²) in [5.74, 6) is -0.0230. The zero-order valence-corrected chi connectivity index (χ0v) is 22.1. The highest BCUT2D eigenvalue weighted by atomic mass is 32.2. The number of thioether (sulfide) groups is 2. The van der Waals surface area contributed by atoms with Crippen LogP contribution < -0.4 is 10.2 Å². The molecule has 0 spiro atoms. The lowest BCUT2D eigenvalue weighted by atomic mass is 9.87. The average Bonchev–Trinajstić information content (AvgIpc) is 3.50. The molecule has 0 radical (unpaired) electrons. The van der Waals surface area contributed by atoms with Crippen molar-refractivity contribution in [3.63, 3.8) is 0 Å². The van der Waals surface area contributed by atoms with Gasteiger partial charge in [0.15, 0.2) is 10.3 Å². The number of allylic oxidation sites excluding steroid dienone is 4. The molecule has 2 aromatic heterocycles. The summed E-state index contributed by atoms with van der Waals surface area (Å²) >= 11 is 5.39. The van der Waals surface area contributed by atoms with E-state index < -0.39 is 5.41 Å². The van der Waals surface area contributed by atoms with E-state index in [-0.39, 0.29) is 11.5 Å². The Morgan fingerprint density at radius 2 is 1.18 bits per heavy atom. The number of aliphatic imine (C=N–C) groups is 4. The van der Waals surface area contributed by atoms with E-state index in [1.54, 1.807) is 0 Å². The van der Waals surface area contributed by atoms with Crippen LogP contribution >= 0.6 is 46.2 Å². The van der Waals surface area contributed by atoms with Crippen molar-refractivity contribution < 1.29 is 10.2 Å². The van der Waals surface area contributed by atoms with Gasteiger partial charge in [-0.15, -0.1) is 34.2 Å². The third-order valence-corrected chi connectivity index (χ3v) is 8.63. The van der Waals surface area contributed by atoms with Crippen LogP contribution in [0.3, 0.4) is 0 Å². The number of amidine groups is 2. The minimum atomic E-state index is -0.457. The van der Waals surface area contributed by atoms with Crippen LogP contribution in [0, 0.1) is 0 Å². The second-order valence-electron chi connectivity index (χ2n) is 7.81. The predicted molar refractivity (Wildman–Crippen MR) is 137 cm³/mol. The molecule has 0 saturated heterocycles. The molecule has 4 rings (SSSR count). The van der Waals surface area contributed by atoms with Gasteiger partial charge in [0, 0.05) is 20.6 Å². The van der Waals surface area contributed by atoms with Crippen molar-refractivity contribution in [3.8, 4) is 0 Å². The summed E-state index contributed by atoms with van der Waals surface area (Å²) in [6, 6.07) is 0. The Morgan fingerprint density at radius 3 is 1.52 bits per heavy atom. The molecule has 0 aromatic carbocycles. The fourth-order valence-electron chi connectivity index (χ4n) is 3.01. The molecule has 0 fully saturated rings. The maximum atomic E-state index is 11.7. The Morgan fingerprint density at radius 1 is 0.788 bits per heavy atom. The Hall–Kier alpha value is -2.28. The number of nitrogens with zero attached hydrogens (tertiary/aromatic N) is 6.